The Morgan fingerprint density at radius 3 is 2.69 bits per heavy atom. The molecular formula is C21H26ClN6O+. The highest BCUT2D eigenvalue weighted by atomic mass is 35.5. The maximum Gasteiger partial charge on any atom is 0.234 e. The lowest BCUT2D eigenvalue weighted by molar-refractivity contribution is -0.367. The number of rotatable bonds is 5. The molecule has 0 unspecified atom stereocenters. The minimum atomic E-state index is -0.214. The Morgan fingerprint density at radius 1 is 1.28 bits per heavy atom. The lowest BCUT2D eigenvalue weighted by Crippen LogP contribution is -2.52. The third-order valence-electron chi connectivity index (χ3n) is 5.62. The van der Waals surface area contributed by atoms with Crippen molar-refractivity contribution in [1.82, 2.24) is 14.9 Å². The van der Waals surface area contributed by atoms with Gasteiger partial charge in [-0.1, -0.05) is 28.7 Å². The Hall–Kier alpha value is -2.64. The van der Waals surface area contributed by atoms with Crippen molar-refractivity contribution in [3.05, 3.63) is 52.9 Å². The van der Waals surface area contributed by atoms with E-state index >= 15 is 0 Å². The summed E-state index contributed by atoms with van der Waals surface area (Å²) in [6.07, 6.45) is 4.31. The van der Waals surface area contributed by atoms with Gasteiger partial charge in [0.2, 0.25) is 23.7 Å². The minimum Gasteiger partial charge on any atom is -0.336 e. The first-order chi connectivity index (χ1) is 14.1. The van der Waals surface area contributed by atoms with Crippen LogP contribution >= 0.6 is 11.6 Å². The van der Waals surface area contributed by atoms with Crippen LogP contribution in [-0.4, -0.2) is 53.5 Å². The van der Waals surface area contributed by atoms with Crippen molar-refractivity contribution in [1.29, 1.82) is 0 Å². The standard InChI is InChI=1S/C21H25ClN6O/c1-14-12-24-19-18(14)20(26-13-25-19)27-6-8-28(9-7-27)21(29)16(11-23)10-15-2-4-17(22)5-3-15/h2-5,12-13,16H,6-11,23H2,1H3,(H,24,25,26)/p+1/t16-/m0/s1. The van der Waals surface area contributed by atoms with Gasteiger partial charge in [-0.3, -0.25) is 9.69 Å². The van der Waals surface area contributed by atoms with Gasteiger partial charge in [-0.25, -0.2) is 4.98 Å². The van der Waals surface area contributed by atoms with Crippen molar-refractivity contribution in [2.24, 2.45) is 11.7 Å². The SMILES string of the molecule is Cc1c[nH]c2nc[nH+]c(N3CCN(C(=O)[C@H](CN)Cc4ccc(Cl)cc4)CC3)c12. The smallest absolute Gasteiger partial charge is 0.234 e. The molecule has 0 bridgehead atoms. The fourth-order valence-corrected chi connectivity index (χ4v) is 4.10. The Bertz CT molecular complexity index is 994. The number of hydrogen-bond donors (Lipinski definition) is 2. The summed E-state index contributed by atoms with van der Waals surface area (Å²) >= 11 is 5.96. The fraction of sp³-hybridized carbons (Fsp3) is 0.381. The number of piperazine rings is 1. The molecule has 29 heavy (non-hydrogen) atoms. The molecule has 0 aliphatic carbocycles. The number of nitrogens with one attached hydrogen (secondary N) is 2. The highest BCUT2D eigenvalue weighted by Crippen LogP contribution is 2.25. The average molecular weight is 414 g/mol. The van der Waals surface area contributed by atoms with E-state index in [9.17, 15) is 4.79 Å². The number of fused-ring (bicyclic) bond motifs is 1. The second kappa shape index (κ2) is 8.39. The number of hydrogen-bond acceptors (Lipinski definition) is 4. The zero-order valence-electron chi connectivity index (χ0n) is 16.5. The van der Waals surface area contributed by atoms with Crippen LogP contribution in [0.4, 0.5) is 5.82 Å². The van der Waals surface area contributed by atoms with Crippen molar-refractivity contribution in [2.45, 2.75) is 13.3 Å². The summed E-state index contributed by atoms with van der Waals surface area (Å²) in [5, 5.41) is 1.80. The number of nitrogens with two attached hydrogens (primary N) is 1. The van der Waals surface area contributed by atoms with Crippen LogP contribution in [0, 0.1) is 12.8 Å². The number of nitrogens with zero attached hydrogens (tertiary/aromatic N) is 3. The highest BCUT2D eigenvalue weighted by molar-refractivity contribution is 6.30. The molecule has 3 heterocycles. The van der Waals surface area contributed by atoms with Gasteiger partial charge in [0, 0.05) is 17.8 Å². The van der Waals surface area contributed by atoms with Crippen LogP contribution in [0.1, 0.15) is 11.1 Å². The summed E-state index contributed by atoms with van der Waals surface area (Å²) in [5.74, 6) is 0.968. The van der Waals surface area contributed by atoms with E-state index in [1.807, 2.05) is 35.4 Å². The summed E-state index contributed by atoms with van der Waals surface area (Å²) in [6, 6.07) is 7.62. The van der Waals surface area contributed by atoms with Gasteiger partial charge in [-0.2, -0.15) is 0 Å². The molecule has 1 aliphatic heterocycles. The van der Waals surface area contributed by atoms with Gasteiger partial charge in [-0.15, -0.1) is 0 Å². The van der Waals surface area contributed by atoms with E-state index in [-0.39, 0.29) is 11.8 Å². The average Bonchev–Trinajstić information content (AvgIpc) is 3.14. The number of carbonyl (C=O) groups excluding carboxylic acids is 1. The first kappa shape index (κ1) is 19.7. The number of aryl methyl sites for hydroxylation is 1. The molecule has 0 radical (unpaired) electrons. The minimum absolute atomic E-state index is 0.128. The van der Waals surface area contributed by atoms with Gasteiger partial charge in [-0.05, 0) is 36.6 Å². The van der Waals surface area contributed by atoms with Crippen LogP contribution < -0.4 is 15.6 Å². The zero-order valence-corrected chi connectivity index (χ0v) is 17.2. The van der Waals surface area contributed by atoms with Crippen LogP contribution in [0.5, 0.6) is 0 Å². The summed E-state index contributed by atoms with van der Waals surface area (Å²) in [5.41, 5.74) is 9.05. The van der Waals surface area contributed by atoms with Crippen molar-refractivity contribution in [2.75, 3.05) is 37.6 Å². The number of aromatic nitrogens is 3. The summed E-state index contributed by atoms with van der Waals surface area (Å²) < 4.78 is 0. The Balaban J connectivity index is 1.42. The number of amides is 1. The molecule has 152 valence electrons. The van der Waals surface area contributed by atoms with Crippen molar-refractivity contribution in [3.8, 4) is 0 Å². The van der Waals surface area contributed by atoms with Gasteiger partial charge in [0.15, 0.2) is 0 Å². The van der Waals surface area contributed by atoms with E-state index in [1.165, 1.54) is 0 Å². The quantitative estimate of drug-likeness (QED) is 0.667. The van der Waals surface area contributed by atoms with Crippen molar-refractivity contribution in [3.63, 3.8) is 0 Å². The topological polar surface area (TPSA) is 92.4 Å². The maximum absolute atomic E-state index is 13.0. The van der Waals surface area contributed by atoms with E-state index in [1.54, 1.807) is 6.33 Å². The third-order valence-corrected chi connectivity index (χ3v) is 5.88. The Kier molecular flexibility index (Phi) is 5.69. The molecule has 2 aromatic heterocycles. The first-order valence-electron chi connectivity index (χ1n) is 9.89. The molecular weight excluding hydrogens is 388 g/mol. The number of carbonyl (C=O) groups is 1. The van der Waals surface area contributed by atoms with Gasteiger partial charge < -0.3 is 15.6 Å². The molecule has 1 fully saturated rings. The number of anilines is 1. The number of benzene rings is 1. The molecule has 1 amide bonds. The second-order valence-corrected chi connectivity index (χ2v) is 7.96. The monoisotopic (exact) mass is 413 g/mol. The molecule has 7 nitrogen and oxygen atoms in total. The van der Waals surface area contributed by atoms with Gasteiger partial charge >= 0.3 is 0 Å². The molecule has 3 aromatic rings. The van der Waals surface area contributed by atoms with E-state index in [0.717, 1.165) is 41.1 Å². The number of aromatic amines is 2. The lowest BCUT2D eigenvalue weighted by atomic mass is 9.97. The summed E-state index contributed by atoms with van der Waals surface area (Å²) in [4.78, 5) is 28.1. The fourth-order valence-electron chi connectivity index (χ4n) is 3.97. The lowest BCUT2D eigenvalue weighted by Gasteiger charge is -2.34. The van der Waals surface area contributed by atoms with Crippen LogP contribution in [0.3, 0.4) is 0 Å². The van der Waals surface area contributed by atoms with E-state index in [0.29, 0.717) is 31.1 Å². The molecule has 8 heteroatoms. The highest BCUT2D eigenvalue weighted by Gasteiger charge is 2.30. The van der Waals surface area contributed by atoms with Crippen LogP contribution in [-0.2, 0) is 11.2 Å². The predicted molar refractivity (Wildman–Crippen MR) is 114 cm³/mol. The normalized spacial score (nSPS) is 15.7. The molecule has 1 saturated heterocycles. The summed E-state index contributed by atoms with van der Waals surface area (Å²) in [7, 11) is 0. The Labute approximate surface area is 174 Å². The van der Waals surface area contributed by atoms with Gasteiger partial charge in [0.1, 0.15) is 5.39 Å². The first-order valence-corrected chi connectivity index (χ1v) is 10.3. The van der Waals surface area contributed by atoms with Crippen LogP contribution in [0.2, 0.25) is 5.02 Å². The maximum atomic E-state index is 13.0. The number of halogens is 1. The van der Waals surface area contributed by atoms with E-state index in [4.69, 9.17) is 17.3 Å². The molecule has 0 spiro atoms. The van der Waals surface area contributed by atoms with Crippen molar-refractivity contribution >= 4 is 34.4 Å². The molecule has 4 rings (SSSR count). The van der Waals surface area contributed by atoms with Gasteiger partial charge in [0.05, 0.1) is 32.1 Å². The third kappa shape index (κ3) is 4.06. The van der Waals surface area contributed by atoms with Gasteiger partial charge in [0.25, 0.3) is 0 Å². The van der Waals surface area contributed by atoms with E-state index < -0.39 is 0 Å². The predicted octanol–water partition coefficient (Wildman–Crippen LogP) is 1.81. The van der Waals surface area contributed by atoms with Crippen LogP contribution in [0.25, 0.3) is 11.0 Å². The molecule has 1 aliphatic rings. The zero-order chi connectivity index (χ0) is 20.4. The second-order valence-electron chi connectivity index (χ2n) is 7.52. The molecule has 0 saturated carbocycles. The Morgan fingerprint density at radius 2 is 2.00 bits per heavy atom. The summed E-state index contributed by atoms with van der Waals surface area (Å²) in [6.45, 7) is 5.30. The molecule has 1 aromatic carbocycles. The molecule has 1 atom stereocenters. The number of H-pyrrole nitrogens is 2. The largest absolute Gasteiger partial charge is 0.336 e. The van der Waals surface area contributed by atoms with Crippen molar-refractivity contribution < 1.29 is 9.78 Å². The van der Waals surface area contributed by atoms with Crippen LogP contribution in [0.15, 0.2) is 36.8 Å². The van der Waals surface area contributed by atoms with E-state index in [2.05, 4.69) is 26.8 Å². The molecule has 4 N–H and O–H groups in total.